The summed E-state index contributed by atoms with van der Waals surface area (Å²) in [5, 5.41) is 1.53. The fourth-order valence-electron chi connectivity index (χ4n) is 4.40. The van der Waals surface area contributed by atoms with E-state index in [-0.39, 0.29) is 16.5 Å². The molecule has 0 bridgehead atoms. The molecule has 0 amide bonds. The predicted octanol–water partition coefficient (Wildman–Crippen LogP) is 9.87. The first-order valence-electron chi connectivity index (χ1n) is 11.4. The van der Waals surface area contributed by atoms with Gasteiger partial charge in [0.25, 0.3) is 0 Å². The molecule has 0 N–H and O–H groups in total. The van der Waals surface area contributed by atoms with Crippen molar-refractivity contribution in [2.75, 3.05) is 0 Å². The topological polar surface area (TPSA) is 71.6 Å². The van der Waals surface area contributed by atoms with E-state index >= 15 is 0 Å². The van der Waals surface area contributed by atoms with Gasteiger partial charge in [0.15, 0.2) is 0 Å². The van der Waals surface area contributed by atoms with Crippen LogP contribution < -0.4 is 0 Å². The van der Waals surface area contributed by atoms with Gasteiger partial charge in [-0.2, -0.15) is 0 Å². The second-order valence-corrected chi connectivity index (χ2v) is 21.1. The second kappa shape index (κ2) is 15.1. The average molecular weight is 585 g/mol. The van der Waals surface area contributed by atoms with Crippen molar-refractivity contribution in [3.05, 3.63) is 45.6 Å². The molecule has 0 aliphatic heterocycles. The molecule has 12 heteroatoms. The van der Waals surface area contributed by atoms with Gasteiger partial charge in [0.1, 0.15) is 0 Å². The van der Waals surface area contributed by atoms with Gasteiger partial charge in [0, 0.05) is 15.8 Å². The third-order valence-corrected chi connectivity index (χ3v) is 13.9. The minimum Gasteiger partial charge on any atom is -0.418 e. The minimum absolute atomic E-state index is 0. The summed E-state index contributed by atoms with van der Waals surface area (Å²) in [6, 6.07) is 6.76. The molecule has 0 aromatic carbocycles. The number of hydrogen-bond donors (Lipinski definition) is 0. The zero-order chi connectivity index (χ0) is 27.8. The first kappa shape index (κ1) is 39.1. The van der Waals surface area contributed by atoms with Gasteiger partial charge in [0.2, 0.25) is 0 Å². The Bertz CT molecular complexity index is 695. The second-order valence-electron chi connectivity index (χ2n) is 12.5. The molecule has 0 saturated heterocycles. The van der Waals surface area contributed by atoms with Crippen LogP contribution in [0, 0.1) is 0 Å². The molecule has 0 spiro atoms. The fourth-order valence-corrected chi connectivity index (χ4v) is 12.1. The molecule has 35 heavy (non-hydrogen) atoms. The van der Waals surface area contributed by atoms with E-state index in [2.05, 4.69) is 101 Å². The third kappa shape index (κ3) is 19.4. The summed E-state index contributed by atoms with van der Waals surface area (Å²) in [6.45, 7) is 29.0. The van der Waals surface area contributed by atoms with Crippen LogP contribution in [0.25, 0.3) is 16.0 Å². The molecule has 0 unspecified atom stereocenters. The molecule has 0 saturated carbocycles. The van der Waals surface area contributed by atoms with E-state index in [9.17, 15) is 17.3 Å². The Balaban J connectivity index is -0.000000987. The summed E-state index contributed by atoms with van der Waals surface area (Å²) in [7, 11) is -7.17. The number of halogens is 4. The van der Waals surface area contributed by atoms with Crippen LogP contribution in [-0.4, -0.2) is 32.9 Å². The Kier molecular flexibility index (Phi) is 16.9. The molecular formula is C23H45BF4N4NiP2+2. The molecular weight excluding hydrogens is 540 g/mol. The van der Waals surface area contributed by atoms with Gasteiger partial charge in [-0.15, -0.1) is 0 Å². The quantitative estimate of drug-likeness (QED) is 0.0866. The van der Waals surface area contributed by atoms with Crippen LogP contribution in [0.15, 0.2) is 18.2 Å². The summed E-state index contributed by atoms with van der Waals surface area (Å²) >= 11 is 0. The number of nitrogens with zero attached hydrogens (tertiary/aromatic N) is 4. The van der Waals surface area contributed by atoms with Crippen LogP contribution in [-0.2, 0) is 28.8 Å². The Hall–Kier alpha value is -0.402. The van der Waals surface area contributed by atoms with Crippen LogP contribution in [0.4, 0.5) is 17.3 Å². The molecule has 0 aliphatic carbocycles. The SMILES string of the molecule is CC(C)(C)[PH+](Cc1cccc(C[PH+](C(C)(C)C)C(C)(C)C)n1)C(C)(C)C.F[B-](F)(F)F.[N-]=[N+]=[N-].[Ni+2]. The molecule has 0 radical (unpaired) electrons. The predicted molar refractivity (Wildman–Crippen MR) is 148 cm³/mol. The first-order valence-corrected chi connectivity index (χ1v) is 14.8. The molecule has 0 aliphatic rings. The van der Waals surface area contributed by atoms with Crippen molar-refractivity contribution in [1.29, 1.82) is 0 Å². The van der Waals surface area contributed by atoms with E-state index < -0.39 is 23.1 Å². The summed E-state index contributed by atoms with van der Waals surface area (Å²) < 4.78 is 39.0. The molecule has 1 aromatic rings. The van der Waals surface area contributed by atoms with Crippen molar-refractivity contribution in [3.63, 3.8) is 0 Å². The summed E-state index contributed by atoms with van der Waals surface area (Å²) in [5.41, 5.74) is 16.1. The van der Waals surface area contributed by atoms with Crippen LogP contribution in [0.3, 0.4) is 0 Å². The van der Waals surface area contributed by atoms with E-state index in [0.717, 1.165) is 0 Å². The van der Waals surface area contributed by atoms with Gasteiger partial charge < -0.3 is 28.3 Å². The molecule has 1 rings (SSSR count). The monoisotopic (exact) mass is 584 g/mol. The van der Waals surface area contributed by atoms with Crippen molar-refractivity contribution in [1.82, 2.24) is 4.98 Å². The van der Waals surface area contributed by atoms with Gasteiger partial charge in [-0.25, -0.2) is 0 Å². The van der Waals surface area contributed by atoms with Crippen molar-refractivity contribution in [2.24, 2.45) is 0 Å². The number of aromatic nitrogens is 1. The normalized spacial score (nSPS) is 12.6. The van der Waals surface area contributed by atoms with Crippen LogP contribution >= 0.6 is 15.8 Å². The van der Waals surface area contributed by atoms with Crippen molar-refractivity contribution < 1.29 is 33.8 Å². The summed E-state index contributed by atoms with van der Waals surface area (Å²) in [6.07, 6.45) is 2.33. The molecule has 4 nitrogen and oxygen atoms in total. The molecule has 1 heterocycles. The summed E-state index contributed by atoms with van der Waals surface area (Å²) in [5.74, 6) is 0. The van der Waals surface area contributed by atoms with Crippen molar-refractivity contribution in [2.45, 2.75) is 116 Å². The fraction of sp³-hybridized carbons (Fsp3) is 0.783. The zero-order valence-electron chi connectivity index (χ0n) is 23.3. The van der Waals surface area contributed by atoms with Crippen molar-refractivity contribution >= 4 is 23.1 Å². The van der Waals surface area contributed by atoms with Gasteiger partial charge in [-0.1, -0.05) is 6.07 Å². The Labute approximate surface area is 223 Å². The number of rotatable bonds is 4. The standard InChI is InChI=1S/C23H43NP2.BF4.N3.Ni/c1-20(2,3)25(21(4,5)6)16-18-14-13-15-19(24-18)17-26(22(7,8)9)23(10,11)12;2-1(3,4)5;1-3-2;/h13-15H,16-17H2,1-12H3;;;/q;2*-1;+2/p+2. The van der Waals surface area contributed by atoms with E-state index in [4.69, 9.17) is 16.0 Å². The van der Waals surface area contributed by atoms with E-state index in [1.54, 1.807) is 0 Å². The van der Waals surface area contributed by atoms with E-state index in [0.29, 0.717) is 20.6 Å². The van der Waals surface area contributed by atoms with E-state index in [1.165, 1.54) is 28.6 Å². The maximum atomic E-state index is 9.75. The van der Waals surface area contributed by atoms with Crippen LogP contribution in [0.1, 0.15) is 94.5 Å². The summed E-state index contributed by atoms with van der Waals surface area (Å²) in [4.78, 5) is 6.66. The maximum Gasteiger partial charge on any atom is 2.00 e. The molecule has 1 aromatic heterocycles. The molecule has 0 atom stereocenters. The van der Waals surface area contributed by atoms with Crippen LogP contribution in [0.5, 0.6) is 0 Å². The number of pyridine rings is 1. The Morgan fingerprint density at radius 1 is 0.686 bits per heavy atom. The zero-order valence-corrected chi connectivity index (χ0v) is 26.3. The van der Waals surface area contributed by atoms with Gasteiger partial charge >= 0.3 is 23.7 Å². The Morgan fingerprint density at radius 3 is 1.06 bits per heavy atom. The van der Waals surface area contributed by atoms with Gasteiger partial charge in [-0.3, -0.25) is 9.90 Å². The molecule has 206 valence electrons. The smallest absolute Gasteiger partial charge is 0.418 e. The van der Waals surface area contributed by atoms with E-state index in [1.807, 2.05) is 0 Å². The van der Waals surface area contributed by atoms with Gasteiger partial charge in [0.05, 0.1) is 44.3 Å². The maximum absolute atomic E-state index is 9.75. The largest absolute Gasteiger partial charge is 2.00 e. The minimum atomic E-state index is -6.00. The van der Waals surface area contributed by atoms with Gasteiger partial charge in [-0.05, 0) is 95.2 Å². The number of hydrogen-bond acceptors (Lipinski definition) is 1. The van der Waals surface area contributed by atoms with Crippen LogP contribution in [0.2, 0.25) is 0 Å². The Morgan fingerprint density at radius 2 is 0.886 bits per heavy atom. The molecule has 0 fully saturated rings. The third-order valence-electron chi connectivity index (χ3n) is 5.20. The first-order chi connectivity index (χ1) is 14.8. The average Bonchev–Trinajstić information content (AvgIpc) is 2.53. The van der Waals surface area contributed by atoms with Crippen molar-refractivity contribution in [3.8, 4) is 0 Å².